The molecule has 3 heteroatoms. The van der Waals surface area contributed by atoms with Gasteiger partial charge in [-0.15, -0.1) is 0 Å². The summed E-state index contributed by atoms with van der Waals surface area (Å²) in [6.45, 7) is 2.75. The second-order valence-corrected chi connectivity index (χ2v) is 3.64. The van der Waals surface area contributed by atoms with Gasteiger partial charge in [0.15, 0.2) is 0 Å². The maximum atomic E-state index is 10.9. The largest absolute Gasteiger partial charge is 0.459 e. The average Bonchev–Trinajstić information content (AvgIpc) is 2.31. The summed E-state index contributed by atoms with van der Waals surface area (Å²) in [5.74, 6) is -0.0371. The van der Waals surface area contributed by atoms with Crippen molar-refractivity contribution in [2.45, 2.75) is 44.3 Å². The van der Waals surface area contributed by atoms with Crippen molar-refractivity contribution in [1.82, 2.24) is 0 Å². The van der Waals surface area contributed by atoms with Crippen LogP contribution in [0.4, 0.5) is 0 Å². The molecule has 1 aliphatic heterocycles. The van der Waals surface area contributed by atoms with E-state index in [4.69, 9.17) is 9.47 Å². The van der Waals surface area contributed by atoms with E-state index in [2.05, 4.69) is 0 Å². The van der Waals surface area contributed by atoms with Crippen LogP contribution in [0, 0.1) is 0 Å². The number of rotatable bonds is 2. The Bertz CT molecular complexity index is 194. The van der Waals surface area contributed by atoms with Gasteiger partial charge in [-0.3, -0.25) is 4.79 Å². The van der Waals surface area contributed by atoms with E-state index in [1.165, 1.54) is 0 Å². The fraction of sp³-hybridized carbons (Fsp3) is 0.889. The highest BCUT2D eigenvalue weighted by Gasteiger charge is 2.51. The van der Waals surface area contributed by atoms with Gasteiger partial charge in [0.25, 0.3) is 0 Å². The third-order valence-corrected chi connectivity index (χ3v) is 2.72. The van der Waals surface area contributed by atoms with E-state index in [1.807, 2.05) is 6.92 Å². The van der Waals surface area contributed by atoms with Crippen LogP contribution in [-0.4, -0.2) is 24.3 Å². The molecule has 2 rings (SSSR count). The highest BCUT2D eigenvalue weighted by atomic mass is 16.6. The van der Waals surface area contributed by atoms with Crippen molar-refractivity contribution in [3.63, 3.8) is 0 Å². The summed E-state index contributed by atoms with van der Waals surface area (Å²) in [7, 11) is 0. The summed E-state index contributed by atoms with van der Waals surface area (Å²) in [5.41, 5.74) is -0.114. The normalized spacial score (nSPS) is 39.8. The minimum Gasteiger partial charge on any atom is -0.459 e. The molecule has 0 aromatic carbocycles. The first-order chi connectivity index (χ1) is 5.74. The van der Waals surface area contributed by atoms with Crippen molar-refractivity contribution in [3.05, 3.63) is 0 Å². The van der Waals surface area contributed by atoms with E-state index in [9.17, 15) is 4.79 Å². The summed E-state index contributed by atoms with van der Waals surface area (Å²) in [5, 5.41) is 0. The van der Waals surface area contributed by atoms with Crippen LogP contribution in [0.3, 0.4) is 0 Å². The van der Waals surface area contributed by atoms with Crippen molar-refractivity contribution in [2.24, 2.45) is 0 Å². The van der Waals surface area contributed by atoms with Gasteiger partial charge < -0.3 is 9.47 Å². The van der Waals surface area contributed by atoms with Crippen LogP contribution in [0.2, 0.25) is 0 Å². The van der Waals surface area contributed by atoms with Gasteiger partial charge in [0.1, 0.15) is 5.60 Å². The Labute approximate surface area is 72.0 Å². The monoisotopic (exact) mass is 170 g/mol. The number of carbonyl (C=O) groups excluding carboxylic acids is 1. The smallest absolute Gasteiger partial charge is 0.306 e. The maximum Gasteiger partial charge on any atom is 0.306 e. The molecule has 1 saturated carbocycles. The molecule has 0 N–H and O–H groups in total. The highest BCUT2D eigenvalue weighted by molar-refractivity contribution is 5.72. The Morgan fingerprint density at radius 1 is 1.67 bits per heavy atom. The maximum absolute atomic E-state index is 10.9. The molecule has 1 aliphatic carbocycles. The van der Waals surface area contributed by atoms with Gasteiger partial charge in [-0.25, -0.2) is 0 Å². The molecule has 2 aliphatic rings. The number of carbonyl (C=O) groups is 1. The molecule has 1 spiro atoms. The summed E-state index contributed by atoms with van der Waals surface area (Å²) in [6, 6.07) is 0. The van der Waals surface area contributed by atoms with Crippen LogP contribution in [0.1, 0.15) is 32.6 Å². The molecule has 2 fully saturated rings. The quantitative estimate of drug-likeness (QED) is 0.585. The Kier molecular flexibility index (Phi) is 1.83. The van der Waals surface area contributed by atoms with Gasteiger partial charge >= 0.3 is 5.97 Å². The minimum absolute atomic E-state index is 0.0371. The van der Waals surface area contributed by atoms with Gasteiger partial charge in [-0.2, -0.15) is 0 Å². The van der Waals surface area contributed by atoms with E-state index >= 15 is 0 Å². The van der Waals surface area contributed by atoms with E-state index in [0.29, 0.717) is 12.5 Å². The second-order valence-electron chi connectivity index (χ2n) is 3.64. The van der Waals surface area contributed by atoms with Crippen LogP contribution in [0.15, 0.2) is 0 Å². The van der Waals surface area contributed by atoms with Crippen LogP contribution >= 0.6 is 0 Å². The van der Waals surface area contributed by atoms with Crippen LogP contribution < -0.4 is 0 Å². The van der Waals surface area contributed by atoms with E-state index in [0.717, 1.165) is 25.9 Å². The fourth-order valence-electron chi connectivity index (χ4n) is 2.08. The van der Waals surface area contributed by atoms with Crippen LogP contribution in [0.25, 0.3) is 0 Å². The predicted molar refractivity (Wildman–Crippen MR) is 42.7 cm³/mol. The molecule has 0 bridgehead atoms. The standard InChI is InChI=1S/C9H14O3/c1-2-11-7-5-9(6-7)4-3-8(10)12-9/h7H,2-6H2,1H3. The third kappa shape index (κ3) is 1.22. The van der Waals surface area contributed by atoms with Crippen molar-refractivity contribution >= 4 is 5.97 Å². The van der Waals surface area contributed by atoms with Crippen LogP contribution in [-0.2, 0) is 14.3 Å². The van der Waals surface area contributed by atoms with E-state index < -0.39 is 0 Å². The molecule has 1 saturated heterocycles. The predicted octanol–water partition coefficient (Wildman–Crippen LogP) is 1.26. The van der Waals surface area contributed by atoms with Crippen molar-refractivity contribution in [2.75, 3.05) is 6.61 Å². The lowest BCUT2D eigenvalue weighted by Crippen LogP contribution is -2.48. The lowest BCUT2D eigenvalue weighted by molar-refractivity contribution is -0.172. The second kappa shape index (κ2) is 2.73. The summed E-state index contributed by atoms with van der Waals surface area (Å²) in [6.07, 6.45) is 3.65. The highest BCUT2D eigenvalue weighted by Crippen LogP contribution is 2.45. The zero-order valence-electron chi connectivity index (χ0n) is 7.34. The molecule has 12 heavy (non-hydrogen) atoms. The molecule has 0 amide bonds. The molecular weight excluding hydrogens is 156 g/mol. The topological polar surface area (TPSA) is 35.5 Å². The molecule has 3 nitrogen and oxygen atoms in total. The molecule has 0 radical (unpaired) electrons. The van der Waals surface area contributed by atoms with E-state index in [1.54, 1.807) is 0 Å². The number of esters is 1. The molecular formula is C9H14O3. The van der Waals surface area contributed by atoms with Crippen molar-refractivity contribution < 1.29 is 14.3 Å². The molecule has 68 valence electrons. The minimum atomic E-state index is -0.114. The number of ether oxygens (including phenoxy) is 2. The first kappa shape index (κ1) is 8.05. The summed E-state index contributed by atoms with van der Waals surface area (Å²) in [4.78, 5) is 10.9. The molecule has 0 atom stereocenters. The van der Waals surface area contributed by atoms with Gasteiger partial charge in [0.2, 0.25) is 0 Å². The van der Waals surface area contributed by atoms with E-state index in [-0.39, 0.29) is 11.6 Å². The van der Waals surface area contributed by atoms with Crippen molar-refractivity contribution in [3.8, 4) is 0 Å². The van der Waals surface area contributed by atoms with Gasteiger partial charge in [-0.05, 0) is 13.3 Å². The summed E-state index contributed by atoms with van der Waals surface area (Å²) < 4.78 is 10.7. The molecule has 0 aromatic heterocycles. The van der Waals surface area contributed by atoms with Gasteiger partial charge in [0.05, 0.1) is 6.10 Å². The Balaban J connectivity index is 1.83. The Hall–Kier alpha value is -0.570. The number of hydrogen-bond donors (Lipinski definition) is 0. The first-order valence-corrected chi connectivity index (χ1v) is 4.57. The first-order valence-electron chi connectivity index (χ1n) is 4.57. The van der Waals surface area contributed by atoms with Crippen LogP contribution in [0.5, 0.6) is 0 Å². The zero-order valence-corrected chi connectivity index (χ0v) is 7.34. The Morgan fingerprint density at radius 2 is 2.42 bits per heavy atom. The molecule has 0 unspecified atom stereocenters. The number of hydrogen-bond acceptors (Lipinski definition) is 3. The van der Waals surface area contributed by atoms with Gasteiger partial charge in [-0.1, -0.05) is 0 Å². The Morgan fingerprint density at radius 3 is 2.92 bits per heavy atom. The zero-order chi connectivity index (χ0) is 8.60. The lowest BCUT2D eigenvalue weighted by Gasteiger charge is -2.42. The summed E-state index contributed by atoms with van der Waals surface area (Å²) >= 11 is 0. The van der Waals surface area contributed by atoms with Gasteiger partial charge in [0, 0.05) is 25.9 Å². The average molecular weight is 170 g/mol. The molecule has 0 aromatic rings. The third-order valence-electron chi connectivity index (χ3n) is 2.72. The lowest BCUT2D eigenvalue weighted by atomic mass is 9.75. The molecule has 1 heterocycles. The SMILES string of the molecule is CCOC1CC2(CCC(=O)O2)C1. The van der Waals surface area contributed by atoms with Crippen molar-refractivity contribution in [1.29, 1.82) is 0 Å². The fourth-order valence-corrected chi connectivity index (χ4v) is 2.08.